The van der Waals surface area contributed by atoms with Crippen LogP contribution in [0.15, 0.2) is 16.5 Å². The zero-order valence-corrected chi connectivity index (χ0v) is 8.41. The molecule has 0 N–H and O–H groups in total. The van der Waals surface area contributed by atoms with Gasteiger partial charge < -0.3 is 9.32 Å². The second-order valence-electron chi connectivity index (χ2n) is 2.93. The number of amides is 1. The van der Waals surface area contributed by atoms with Gasteiger partial charge in [-0.15, -0.1) is 6.42 Å². The van der Waals surface area contributed by atoms with Gasteiger partial charge in [0.1, 0.15) is 5.76 Å². The molecule has 1 aromatic rings. The molecule has 74 valence electrons. The van der Waals surface area contributed by atoms with Crippen molar-refractivity contribution in [2.75, 3.05) is 13.1 Å². The summed E-state index contributed by atoms with van der Waals surface area (Å²) in [4.78, 5) is 13.3. The van der Waals surface area contributed by atoms with Gasteiger partial charge in [-0.1, -0.05) is 5.92 Å². The number of terminal acetylenes is 1. The molecular weight excluding hydrogens is 178 g/mol. The highest BCUT2D eigenvalue weighted by Gasteiger charge is 2.15. The summed E-state index contributed by atoms with van der Waals surface area (Å²) in [6.45, 7) is 4.58. The first-order valence-electron chi connectivity index (χ1n) is 4.48. The van der Waals surface area contributed by atoms with E-state index in [0.29, 0.717) is 18.8 Å². The van der Waals surface area contributed by atoms with E-state index in [1.54, 1.807) is 24.0 Å². The zero-order chi connectivity index (χ0) is 10.6. The first-order valence-corrected chi connectivity index (χ1v) is 4.48. The lowest BCUT2D eigenvalue weighted by Gasteiger charge is -2.15. The number of carbonyl (C=O) groups is 1. The van der Waals surface area contributed by atoms with Crippen molar-refractivity contribution >= 4 is 5.91 Å². The van der Waals surface area contributed by atoms with E-state index in [1.807, 2.05) is 6.92 Å². The lowest BCUT2D eigenvalue weighted by atomic mass is 10.3. The summed E-state index contributed by atoms with van der Waals surface area (Å²) in [6.07, 6.45) is 5.15. The highest BCUT2D eigenvalue weighted by atomic mass is 16.3. The van der Waals surface area contributed by atoms with Crippen LogP contribution in [0.1, 0.15) is 23.2 Å². The average Bonchev–Trinajstić information content (AvgIpc) is 2.60. The number of rotatable bonds is 3. The Hall–Kier alpha value is -1.69. The summed E-state index contributed by atoms with van der Waals surface area (Å²) in [5.74, 6) is 3.36. The molecule has 0 saturated heterocycles. The largest absolute Gasteiger partial charge is 0.456 e. The van der Waals surface area contributed by atoms with Crippen molar-refractivity contribution in [1.29, 1.82) is 0 Å². The molecule has 0 bridgehead atoms. The molecule has 0 aliphatic carbocycles. The van der Waals surface area contributed by atoms with E-state index in [-0.39, 0.29) is 5.91 Å². The molecule has 0 radical (unpaired) electrons. The maximum Gasteiger partial charge on any atom is 0.290 e. The zero-order valence-electron chi connectivity index (χ0n) is 8.41. The molecular formula is C11H13NO2. The number of aryl methyl sites for hydroxylation is 1. The molecule has 1 heterocycles. The van der Waals surface area contributed by atoms with Crippen molar-refractivity contribution in [1.82, 2.24) is 4.90 Å². The van der Waals surface area contributed by atoms with Gasteiger partial charge in [-0.2, -0.15) is 0 Å². The van der Waals surface area contributed by atoms with Crippen LogP contribution in [0.2, 0.25) is 0 Å². The lowest BCUT2D eigenvalue weighted by Crippen LogP contribution is -2.30. The number of hydrogen-bond donors (Lipinski definition) is 0. The summed E-state index contributed by atoms with van der Waals surface area (Å²) >= 11 is 0. The van der Waals surface area contributed by atoms with E-state index in [9.17, 15) is 4.79 Å². The third kappa shape index (κ3) is 2.17. The molecule has 0 aromatic carbocycles. The SMILES string of the molecule is C#CCN(CC)C(=O)c1ccc(C)o1. The molecule has 0 saturated carbocycles. The Morgan fingerprint density at radius 1 is 1.64 bits per heavy atom. The summed E-state index contributed by atoms with van der Waals surface area (Å²) < 4.78 is 5.21. The molecule has 3 nitrogen and oxygen atoms in total. The second kappa shape index (κ2) is 4.52. The summed E-state index contributed by atoms with van der Waals surface area (Å²) in [5, 5.41) is 0. The second-order valence-corrected chi connectivity index (χ2v) is 2.93. The van der Waals surface area contributed by atoms with E-state index in [0.717, 1.165) is 5.76 Å². The van der Waals surface area contributed by atoms with Gasteiger partial charge in [0.05, 0.1) is 6.54 Å². The normalized spacial score (nSPS) is 9.50. The molecule has 0 unspecified atom stereocenters. The average molecular weight is 191 g/mol. The fourth-order valence-corrected chi connectivity index (χ4v) is 1.14. The topological polar surface area (TPSA) is 33.5 Å². The van der Waals surface area contributed by atoms with Crippen LogP contribution in [0.25, 0.3) is 0 Å². The summed E-state index contributed by atoms with van der Waals surface area (Å²) in [5.41, 5.74) is 0. The van der Waals surface area contributed by atoms with Gasteiger partial charge in [0, 0.05) is 6.54 Å². The van der Waals surface area contributed by atoms with Crippen LogP contribution < -0.4 is 0 Å². The highest BCUT2D eigenvalue weighted by Crippen LogP contribution is 2.09. The molecule has 0 aliphatic heterocycles. The Morgan fingerprint density at radius 2 is 2.36 bits per heavy atom. The molecule has 14 heavy (non-hydrogen) atoms. The molecule has 0 aliphatic rings. The van der Waals surface area contributed by atoms with Crippen LogP contribution in [-0.4, -0.2) is 23.9 Å². The van der Waals surface area contributed by atoms with Crippen molar-refractivity contribution < 1.29 is 9.21 Å². The fraction of sp³-hybridized carbons (Fsp3) is 0.364. The van der Waals surface area contributed by atoms with E-state index >= 15 is 0 Å². The predicted octanol–water partition coefficient (Wildman–Crippen LogP) is 1.68. The predicted molar refractivity (Wildman–Crippen MR) is 53.9 cm³/mol. The molecule has 0 spiro atoms. The number of nitrogens with zero attached hydrogens (tertiary/aromatic N) is 1. The van der Waals surface area contributed by atoms with Crippen molar-refractivity contribution in [2.45, 2.75) is 13.8 Å². The maximum absolute atomic E-state index is 11.7. The lowest BCUT2D eigenvalue weighted by molar-refractivity contribution is 0.0752. The van der Waals surface area contributed by atoms with Gasteiger partial charge in [0.2, 0.25) is 0 Å². The molecule has 1 aromatic heterocycles. The molecule has 3 heteroatoms. The Kier molecular flexibility index (Phi) is 3.35. The van der Waals surface area contributed by atoms with Gasteiger partial charge in [-0.05, 0) is 26.0 Å². The smallest absolute Gasteiger partial charge is 0.290 e. The summed E-state index contributed by atoms with van der Waals surface area (Å²) in [7, 11) is 0. The van der Waals surface area contributed by atoms with Crippen LogP contribution >= 0.6 is 0 Å². The summed E-state index contributed by atoms with van der Waals surface area (Å²) in [6, 6.07) is 3.42. The third-order valence-corrected chi connectivity index (χ3v) is 1.90. The Labute approximate surface area is 83.7 Å². The van der Waals surface area contributed by atoms with Crippen LogP contribution in [0.5, 0.6) is 0 Å². The molecule has 0 atom stereocenters. The molecule has 0 fully saturated rings. The van der Waals surface area contributed by atoms with Gasteiger partial charge in [0.15, 0.2) is 5.76 Å². The molecule has 1 rings (SSSR count). The Bertz CT molecular complexity index is 360. The van der Waals surface area contributed by atoms with E-state index in [2.05, 4.69) is 5.92 Å². The van der Waals surface area contributed by atoms with Crippen LogP contribution in [0.3, 0.4) is 0 Å². The minimum atomic E-state index is -0.154. The monoisotopic (exact) mass is 191 g/mol. The number of carbonyl (C=O) groups excluding carboxylic acids is 1. The van der Waals surface area contributed by atoms with Gasteiger partial charge >= 0.3 is 0 Å². The van der Waals surface area contributed by atoms with Crippen molar-refractivity contribution in [3.8, 4) is 12.3 Å². The van der Waals surface area contributed by atoms with Crippen LogP contribution in [0, 0.1) is 19.3 Å². The van der Waals surface area contributed by atoms with Crippen LogP contribution in [0.4, 0.5) is 0 Å². The van der Waals surface area contributed by atoms with E-state index in [4.69, 9.17) is 10.8 Å². The number of furan rings is 1. The van der Waals surface area contributed by atoms with E-state index < -0.39 is 0 Å². The van der Waals surface area contributed by atoms with Crippen molar-refractivity contribution in [3.05, 3.63) is 23.7 Å². The third-order valence-electron chi connectivity index (χ3n) is 1.90. The fourth-order valence-electron chi connectivity index (χ4n) is 1.14. The first-order chi connectivity index (χ1) is 6.69. The van der Waals surface area contributed by atoms with Crippen molar-refractivity contribution in [2.24, 2.45) is 0 Å². The van der Waals surface area contributed by atoms with E-state index in [1.165, 1.54) is 0 Å². The minimum absolute atomic E-state index is 0.154. The van der Waals surface area contributed by atoms with Gasteiger partial charge in [-0.3, -0.25) is 4.79 Å². The standard InChI is InChI=1S/C11H13NO2/c1-4-8-12(5-2)11(13)10-7-6-9(3)14-10/h1,6-7H,5,8H2,2-3H3. The van der Waals surface area contributed by atoms with Gasteiger partial charge in [0.25, 0.3) is 5.91 Å². The first kappa shape index (κ1) is 10.4. The Morgan fingerprint density at radius 3 is 2.79 bits per heavy atom. The number of hydrogen-bond acceptors (Lipinski definition) is 2. The van der Waals surface area contributed by atoms with Gasteiger partial charge in [-0.25, -0.2) is 0 Å². The highest BCUT2D eigenvalue weighted by molar-refractivity contribution is 5.91. The quantitative estimate of drug-likeness (QED) is 0.681. The Balaban J connectivity index is 2.78. The maximum atomic E-state index is 11.7. The molecule has 1 amide bonds. The van der Waals surface area contributed by atoms with Crippen molar-refractivity contribution in [3.63, 3.8) is 0 Å². The van der Waals surface area contributed by atoms with Crippen LogP contribution in [-0.2, 0) is 0 Å². The minimum Gasteiger partial charge on any atom is -0.456 e.